The van der Waals surface area contributed by atoms with E-state index < -0.39 is 0 Å². The first-order chi connectivity index (χ1) is 9.75. The lowest BCUT2D eigenvalue weighted by molar-refractivity contribution is -0.142. The van der Waals surface area contributed by atoms with Crippen molar-refractivity contribution in [3.8, 4) is 0 Å². The zero-order valence-corrected chi connectivity index (χ0v) is 12.9. The van der Waals surface area contributed by atoms with Crippen LogP contribution in [0, 0.1) is 3.57 Å². The van der Waals surface area contributed by atoms with Crippen molar-refractivity contribution >= 4 is 34.4 Å². The number of hydrogen-bond acceptors (Lipinski definition) is 5. The number of anilines is 1. The van der Waals surface area contributed by atoms with Crippen LogP contribution in [0.1, 0.15) is 5.56 Å². The van der Waals surface area contributed by atoms with E-state index in [2.05, 4.69) is 38.1 Å². The molecule has 5 nitrogen and oxygen atoms in total. The predicted molar refractivity (Wildman–Crippen MR) is 84.3 cm³/mol. The minimum Gasteiger partial charge on any atom is -0.464 e. The Kier molecular flexibility index (Phi) is 5.72. The van der Waals surface area contributed by atoms with Crippen molar-refractivity contribution in [2.45, 2.75) is 6.42 Å². The van der Waals surface area contributed by atoms with Gasteiger partial charge in [0.15, 0.2) is 0 Å². The van der Waals surface area contributed by atoms with Crippen LogP contribution in [0.3, 0.4) is 0 Å². The van der Waals surface area contributed by atoms with Gasteiger partial charge >= 0.3 is 5.97 Å². The summed E-state index contributed by atoms with van der Waals surface area (Å²) < 4.78 is 6.24. The summed E-state index contributed by atoms with van der Waals surface area (Å²) >= 11 is 2.21. The van der Waals surface area contributed by atoms with E-state index in [1.807, 2.05) is 24.3 Å². The summed E-state index contributed by atoms with van der Waals surface area (Å²) in [4.78, 5) is 11.7. The Morgan fingerprint density at radius 1 is 1.25 bits per heavy atom. The maximum atomic E-state index is 11.7. The monoisotopic (exact) mass is 383 g/mol. The van der Waals surface area contributed by atoms with E-state index >= 15 is 0 Å². The molecule has 0 spiro atoms. The first-order valence-electron chi connectivity index (χ1n) is 6.16. The molecule has 2 rings (SSSR count). The molecule has 0 saturated carbocycles. The minimum atomic E-state index is -0.227. The van der Waals surface area contributed by atoms with Crippen LogP contribution in [0.25, 0.3) is 0 Å². The summed E-state index contributed by atoms with van der Waals surface area (Å²) in [5, 5.41) is 10.6. The number of aromatic nitrogens is 2. The summed E-state index contributed by atoms with van der Waals surface area (Å²) in [5.74, 6) is 0.441. The van der Waals surface area contributed by atoms with Crippen LogP contribution in [-0.2, 0) is 16.0 Å². The molecule has 104 valence electrons. The normalized spacial score (nSPS) is 10.1. The lowest BCUT2D eigenvalue weighted by Gasteiger charge is -2.07. The van der Waals surface area contributed by atoms with Gasteiger partial charge in [-0.3, -0.25) is 4.79 Å². The molecule has 0 amide bonds. The van der Waals surface area contributed by atoms with Crippen LogP contribution in [-0.4, -0.2) is 29.3 Å². The Morgan fingerprint density at radius 2 is 2.10 bits per heavy atom. The maximum Gasteiger partial charge on any atom is 0.310 e. The number of hydrogen-bond donors (Lipinski definition) is 1. The van der Waals surface area contributed by atoms with Crippen molar-refractivity contribution in [1.82, 2.24) is 10.2 Å². The summed E-state index contributed by atoms with van der Waals surface area (Å²) in [6.45, 7) is 0.815. The number of carbonyl (C=O) groups is 1. The molecule has 0 aliphatic heterocycles. The van der Waals surface area contributed by atoms with Crippen molar-refractivity contribution in [2.75, 3.05) is 18.5 Å². The predicted octanol–water partition coefficient (Wildman–Crippen LogP) is 2.28. The highest BCUT2D eigenvalue weighted by Gasteiger charge is 2.07. The standard InChI is InChI=1S/C14H14IN3O2/c15-12-5-2-1-4-11(12)10-14(19)20-9-8-16-13-6-3-7-17-18-13/h1-7H,8-10H2,(H,16,18). The highest BCUT2D eigenvalue weighted by atomic mass is 127. The SMILES string of the molecule is O=C(Cc1ccccc1I)OCCNc1cccnn1. The van der Waals surface area contributed by atoms with Gasteiger partial charge in [0.05, 0.1) is 13.0 Å². The highest BCUT2D eigenvalue weighted by Crippen LogP contribution is 2.12. The fraction of sp³-hybridized carbons (Fsp3) is 0.214. The number of nitrogens with one attached hydrogen (secondary N) is 1. The molecule has 0 radical (unpaired) electrons. The van der Waals surface area contributed by atoms with Crippen molar-refractivity contribution in [3.63, 3.8) is 0 Å². The number of halogens is 1. The zero-order valence-electron chi connectivity index (χ0n) is 10.8. The molecule has 0 bridgehead atoms. The number of benzene rings is 1. The molecule has 1 aromatic heterocycles. The van der Waals surface area contributed by atoms with E-state index in [-0.39, 0.29) is 5.97 Å². The molecule has 1 aromatic carbocycles. The van der Waals surface area contributed by atoms with Crippen molar-refractivity contribution in [1.29, 1.82) is 0 Å². The van der Waals surface area contributed by atoms with Gasteiger partial charge in [0.2, 0.25) is 0 Å². The van der Waals surface area contributed by atoms with E-state index in [0.717, 1.165) is 9.13 Å². The van der Waals surface area contributed by atoms with Crippen LogP contribution in [0.4, 0.5) is 5.82 Å². The second kappa shape index (κ2) is 7.78. The molecule has 1 N–H and O–H groups in total. The fourth-order valence-corrected chi connectivity index (χ4v) is 2.17. The minimum absolute atomic E-state index is 0.227. The van der Waals surface area contributed by atoms with Gasteiger partial charge in [0.1, 0.15) is 12.4 Å². The second-order valence-corrected chi connectivity index (χ2v) is 5.19. The number of carbonyl (C=O) groups excluding carboxylic acids is 1. The Balaban J connectivity index is 1.69. The fourth-order valence-electron chi connectivity index (χ4n) is 1.59. The second-order valence-electron chi connectivity index (χ2n) is 4.02. The van der Waals surface area contributed by atoms with Gasteiger partial charge in [-0.1, -0.05) is 18.2 Å². The third-order valence-corrected chi connectivity index (χ3v) is 3.59. The molecule has 0 aliphatic rings. The lowest BCUT2D eigenvalue weighted by atomic mass is 10.2. The van der Waals surface area contributed by atoms with Gasteiger partial charge in [-0.2, -0.15) is 5.10 Å². The first kappa shape index (κ1) is 14.7. The highest BCUT2D eigenvalue weighted by molar-refractivity contribution is 14.1. The van der Waals surface area contributed by atoms with Crippen molar-refractivity contribution in [3.05, 3.63) is 51.7 Å². The number of esters is 1. The molecular formula is C14H14IN3O2. The van der Waals surface area contributed by atoms with Crippen LogP contribution in [0.5, 0.6) is 0 Å². The first-order valence-corrected chi connectivity index (χ1v) is 7.24. The molecule has 0 atom stereocenters. The third-order valence-electron chi connectivity index (χ3n) is 2.54. The summed E-state index contributed by atoms with van der Waals surface area (Å²) in [5.41, 5.74) is 0.986. The Hall–Kier alpha value is -1.70. The number of ether oxygens (including phenoxy) is 1. The van der Waals surface area contributed by atoms with E-state index in [0.29, 0.717) is 25.4 Å². The largest absolute Gasteiger partial charge is 0.464 e. The summed E-state index contributed by atoms with van der Waals surface area (Å²) in [7, 11) is 0. The molecule has 0 fully saturated rings. The molecule has 1 heterocycles. The topological polar surface area (TPSA) is 64.1 Å². The van der Waals surface area contributed by atoms with Crippen LogP contribution in [0.2, 0.25) is 0 Å². The average molecular weight is 383 g/mol. The molecule has 2 aromatic rings. The lowest BCUT2D eigenvalue weighted by Crippen LogP contribution is -2.16. The van der Waals surface area contributed by atoms with Gasteiger partial charge in [0, 0.05) is 9.77 Å². The van der Waals surface area contributed by atoms with E-state index in [4.69, 9.17) is 4.74 Å². The van der Waals surface area contributed by atoms with E-state index in [1.165, 1.54) is 0 Å². The van der Waals surface area contributed by atoms with Crippen LogP contribution < -0.4 is 5.32 Å². The van der Waals surface area contributed by atoms with Crippen LogP contribution >= 0.6 is 22.6 Å². The quantitative estimate of drug-likeness (QED) is 0.471. The van der Waals surface area contributed by atoms with Gasteiger partial charge in [-0.05, 0) is 46.4 Å². The van der Waals surface area contributed by atoms with Crippen LogP contribution in [0.15, 0.2) is 42.6 Å². The van der Waals surface area contributed by atoms with Crippen molar-refractivity contribution < 1.29 is 9.53 Å². The molecular weight excluding hydrogens is 369 g/mol. The average Bonchev–Trinajstić information content (AvgIpc) is 2.47. The van der Waals surface area contributed by atoms with E-state index in [9.17, 15) is 4.79 Å². The summed E-state index contributed by atoms with van der Waals surface area (Å²) in [6.07, 6.45) is 1.90. The zero-order chi connectivity index (χ0) is 14.2. The number of nitrogens with zero attached hydrogens (tertiary/aromatic N) is 2. The van der Waals surface area contributed by atoms with Gasteiger partial charge < -0.3 is 10.1 Å². The molecule has 0 aliphatic carbocycles. The van der Waals surface area contributed by atoms with E-state index in [1.54, 1.807) is 18.3 Å². The Bertz CT molecular complexity index is 563. The van der Waals surface area contributed by atoms with Gasteiger partial charge in [-0.25, -0.2) is 0 Å². The smallest absolute Gasteiger partial charge is 0.310 e. The van der Waals surface area contributed by atoms with Gasteiger partial charge in [0.25, 0.3) is 0 Å². The molecule has 20 heavy (non-hydrogen) atoms. The Morgan fingerprint density at radius 3 is 2.85 bits per heavy atom. The number of rotatable bonds is 6. The van der Waals surface area contributed by atoms with Crippen molar-refractivity contribution in [2.24, 2.45) is 0 Å². The molecule has 6 heteroatoms. The Labute approximate surface area is 130 Å². The summed E-state index contributed by atoms with van der Waals surface area (Å²) in [6, 6.07) is 11.4. The maximum absolute atomic E-state index is 11.7. The molecule has 0 saturated heterocycles. The molecule has 0 unspecified atom stereocenters. The third kappa shape index (κ3) is 4.76. The van der Waals surface area contributed by atoms with Gasteiger partial charge in [-0.15, -0.1) is 5.10 Å².